The number of ether oxygens (including phenoxy) is 1. The number of carbonyl (C=O) groups excluding carboxylic acids is 2. The minimum Gasteiger partial charge on any atom is -0.481 e. The van der Waals surface area contributed by atoms with Gasteiger partial charge in [0, 0.05) is 25.4 Å². The molecule has 3 N–H and O–H groups in total. The monoisotopic (exact) mass is 466 g/mol. The van der Waals surface area contributed by atoms with E-state index in [2.05, 4.69) is 34.9 Å². The van der Waals surface area contributed by atoms with E-state index in [1.807, 2.05) is 38.1 Å². The molecule has 0 saturated carbocycles. The molecule has 2 aromatic rings. The Balaban J connectivity index is 1.42. The predicted octanol–water partition coefficient (Wildman–Crippen LogP) is 4.56. The SMILES string of the molecule is CC(CCCNC(=O)CC(C)(C)CNC(=O)OCC1c2ccccc2-c2ccccc21)C(=O)O. The van der Waals surface area contributed by atoms with Crippen LogP contribution in [0.2, 0.25) is 0 Å². The second-order valence-electron chi connectivity index (χ2n) is 9.75. The van der Waals surface area contributed by atoms with Gasteiger partial charge < -0.3 is 20.5 Å². The number of benzene rings is 2. The van der Waals surface area contributed by atoms with Gasteiger partial charge in [-0.1, -0.05) is 69.3 Å². The Morgan fingerprint density at radius 2 is 1.59 bits per heavy atom. The first-order valence-corrected chi connectivity index (χ1v) is 11.8. The van der Waals surface area contributed by atoms with Crippen molar-refractivity contribution >= 4 is 18.0 Å². The molecule has 0 saturated heterocycles. The first kappa shape index (κ1) is 25.3. The maximum absolute atomic E-state index is 12.4. The van der Waals surface area contributed by atoms with Crippen LogP contribution in [0.1, 0.15) is 57.1 Å². The van der Waals surface area contributed by atoms with Gasteiger partial charge in [0.1, 0.15) is 6.61 Å². The Morgan fingerprint density at radius 3 is 2.18 bits per heavy atom. The number of carbonyl (C=O) groups is 3. The van der Waals surface area contributed by atoms with E-state index in [4.69, 9.17) is 9.84 Å². The van der Waals surface area contributed by atoms with Crippen molar-refractivity contribution in [2.24, 2.45) is 11.3 Å². The van der Waals surface area contributed by atoms with E-state index in [0.717, 1.165) is 11.1 Å². The van der Waals surface area contributed by atoms with Gasteiger partial charge >= 0.3 is 12.1 Å². The fourth-order valence-corrected chi connectivity index (χ4v) is 4.28. The molecule has 0 aliphatic heterocycles. The molecule has 0 radical (unpaired) electrons. The van der Waals surface area contributed by atoms with Crippen LogP contribution in [-0.2, 0) is 14.3 Å². The summed E-state index contributed by atoms with van der Waals surface area (Å²) in [6, 6.07) is 16.4. The van der Waals surface area contributed by atoms with E-state index < -0.39 is 23.4 Å². The molecule has 2 aromatic carbocycles. The summed E-state index contributed by atoms with van der Waals surface area (Å²) >= 11 is 0. The van der Waals surface area contributed by atoms with Gasteiger partial charge in [0.05, 0.1) is 5.92 Å². The lowest BCUT2D eigenvalue weighted by molar-refractivity contribution is -0.141. The van der Waals surface area contributed by atoms with Crippen molar-refractivity contribution in [2.75, 3.05) is 19.7 Å². The molecular formula is C27H34N2O5. The zero-order valence-electron chi connectivity index (χ0n) is 20.1. The number of amides is 2. The lowest BCUT2D eigenvalue weighted by Crippen LogP contribution is -2.38. The van der Waals surface area contributed by atoms with E-state index in [9.17, 15) is 14.4 Å². The molecule has 0 spiro atoms. The van der Waals surface area contributed by atoms with Crippen LogP contribution in [0.25, 0.3) is 11.1 Å². The minimum atomic E-state index is -0.827. The number of rotatable bonds is 11. The topological polar surface area (TPSA) is 105 Å². The highest BCUT2D eigenvalue weighted by Gasteiger charge is 2.29. The van der Waals surface area contributed by atoms with Gasteiger partial charge in [0.2, 0.25) is 5.91 Å². The summed E-state index contributed by atoms with van der Waals surface area (Å²) in [5, 5.41) is 14.5. The fourth-order valence-electron chi connectivity index (χ4n) is 4.28. The Bertz CT molecular complexity index is 988. The fraction of sp³-hybridized carbons (Fsp3) is 0.444. The third-order valence-electron chi connectivity index (χ3n) is 6.25. The smallest absolute Gasteiger partial charge is 0.407 e. The zero-order chi connectivity index (χ0) is 24.7. The van der Waals surface area contributed by atoms with Crippen molar-refractivity contribution in [3.63, 3.8) is 0 Å². The Morgan fingerprint density at radius 1 is 1.00 bits per heavy atom. The van der Waals surface area contributed by atoms with E-state index in [1.54, 1.807) is 6.92 Å². The molecule has 2 amide bonds. The molecule has 7 heteroatoms. The molecule has 1 aliphatic carbocycles. The second-order valence-corrected chi connectivity index (χ2v) is 9.75. The number of alkyl carbamates (subject to hydrolysis) is 1. The molecule has 1 aliphatic rings. The Kier molecular flexibility index (Phi) is 8.31. The zero-order valence-corrected chi connectivity index (χ0v) is 20.1. The molecule has 1 unspecified atom stereocenters. The summed E-state index contributed by atoms with van der Waals surface area (Å²) in [6.07, 6.45) is 0.864. The maximum atomic E-state index is 12.4. The summed E-state index contributed by atoms with van der Waals surface area (Å²) < 4.78 is 5.56. The first-order chi connectivity index (χ1) is 16.2. The van der Waals surface area contributed by atoms with Gasteiger partial charge in [0.15, 0.2) is 0 Å². The van der Waals surface area contributed by atoms with E-state index in [1.165, 1.54) is 11.1 Å². The van der Waals surface area contributed by atoms with Crippen LogP contribution in [0.4, 0.5) is 4.79 Å². The Labute approximate surface area is 200 Å². The van der Waals surface area contributed by atoms with Crippen LogP contribution >= 0.6 is 0 Å². The molecule has 1 atom stereocenters. The lowest BCUT2D eigenvalue weighted by atomic mass is 9.89. The highest BCUT2D eigenvalue weighted by Crippen LogP contribution is 2.44. The quantitative estimate of drug-likeness (QED) is 0.421. The van der Waals surface area contributed by atoms with Crippen molar-refractivity contribution in [2.45, 2.75) is 46.0 Å². The van der Waals surface area contributed by atoms with Crippen molar-refractivity contribution in [3.05, 3.63) is 59.7 Å². The van der Waals surface area contributed by atoms with Crippen molar-refractivity contribution in [1.82, 2.24) is 10.6 Å². The largest absolute Gasteiger partial charge is 0.481 e. The van der Waals surface area contributed by atoms with Gasteiger partial charge in [0.25, 0.3) is 0 Å². The Hall–Kier alpha value is -3.35. The molecular weight excluding hydrogens is 432 g/mol. The van der Waals surface area contributed by atoms with E-state index >= 15 is 0 Å². The molecule has 0 bridgehead atoms. The highest BCUT2D eigenvalue weighted by atomic mass is 16.5. The van der Waals surface area contributed by atoms with Crippen molar-refractivity contribution in [3.8, 4) is 11.1 Å². The number of carboxylic acid groups (broad SMARTS) is 1. The number of nitrogens with one attached hydrogen (secondary N) is 2. The predicted molar refractivity (Wildman–Crippen MR) is 131 cm³/mol. The van der Waals surface area contributed by atoms with Crippen LogP contribution < -0.4 is 10.6 Å². The van der Waals surface area contributed by atoms with Crippen LogP contribution in [0.3, 0.4) is 0 Å². The third-order valence-corrected chi connectivity index (χ3v) is 6.25. The number of fused-ring (bicyclic) bond motifs is 3. The van der Waals surface area contributed by atoms with Crippen LogP contribution in [0.15, 0.2) is 48.5 Å². The molecule has 0 heterocycles. The average molecular weight is 467 g/mol. The molecule has 7 nitrogen and oxygen atoms in total. The van der Waals surface area contributed by atoms with Crippen molar-refractivity contribution < 1.29 is 24.2 Å². The van der Waals surface area contributed by atoms with Crippen molar-refractivity contribution in [1.29, 1.82) is 0 Å². The number of aliphatic carboxylic acids is 1. The molecule has 34 heavy (non-hydrogen) atoms. The number of hydrogen-bond acceptors (Lipinski definition) is 4. The van der Waals surface area contributed by atoms with Gasteiger partial charge in [-0.05, 0) is 40.5 Å². The average Bonchev–Trinajstić information content (AvgIpc) is 3.12. The highest BCUT2D eigenvalue weighted by molar-refractivity contribution is 5.79. The molecule has 0 fully saturated rings. The molecule has 182 valence electrons. The maximum Gasteiger partial charge on any atom is 0.407 e. The number of carboxylic acids is 1. The summed E-state index contributed by atoms with van der Waals surface area (Å²) in [4.78, 5) is 35.5. The van der Waals surface area contributed by atoms with E-state index in [-0.39, 0.29) is 24.9 Å². The van der Waals surface area contributed by atoms with Gasteiger partial charge in [-0.2, -0.15) is 0 Å². The first-order valence-electron chi connectivity index (χ1n) is 11.8. The lowest BCUT2D eigenvalue weighted by Gasteiger charge is -2.24. The summed E-state index contributed by atoms with van der Waals surface area (Å²) in [6.45, 7) is 6.45. The van der Waals surface area contributed by atoms with Crippen LogP contribution in [0, 0.1) is 11.3 Å². The van der Waals surface area contributed by atoms with E-state index in [0.29, 0.717) is 25.9 Å². The second kappa shape index (κ2) is 11.2. The minimum absolute atomic E-state index is 0.000725. The van der Waals surface area contributed by atoms with Crippen LogP contribution in [0.5, 0.6) is 0 Å². The normalized spacial score (nSPS) is 13.5. The standard InChI is InChI=1S/C27H34N2O5/c1-18(25(31)32)9-8-14-28-24(30)15-27(2,3)17-29-26(33)34-16-23-21-12-6-4-10-19(21)20-11-5-7-13-22(20)23/h4-7,10-13,18,23H,8-9,14-17H2,1-3H3,(H,28,30)(H,29,33)(H,31,32). The van der Waals surface area contributed by atoms with Gasteiger partial charge in [-0.25, -0.2) is 4.79 Å². The molecule has 3 rings (SSSR count). The van der Waals surface area contributed by atoms with Gasteiger partial charge in [-0.15, -0.1) is 0 Å². The van der Waals surface area contributed by atoms with Gasteiger partial charge in [-0.3, -0.25) is 9.59 Å². The third kappa shape index (κ3) is 6.59. The number of hydrogen-bond donors (Lipinski definition) is 3. The summed E-state index contributed by atoms with van der Waals surface area (Å²) in [5.41, 5.74) is 4.22. The summed E-state index contributed by atoms with van der Waals surface area (Å²) in [5.74, 6) is -1.37. The van der Waals surface area contributed by atoms with Crippen LogP contribution in [-0.4, -0.2) is 42.8 Å². The summed E-state index contributed by atoms with van der Waals surface area (Å²) in [7, 11) is 0. The molecule has 0 aromatic heterocycles.